The van der Waals surface area contributed by atoms with Gasteiger partial charge in [-0.05, 0) is 35.9 Å². The number of anilines is 1. The highest BCUT2D eigenvalue weighted by molar-refractivity contribution is 7.99. The number of nitrogens with one attached hydrogen (secondary N) is 2. The lowest BCUT2D eigenvalue weighted by atomic mass is 9.91. The third-order valence-corrected chi connectivity index (χ3v) is 8.15. The van der Waals surface area contributed by atoms with Gasteiger partial charge in [0.05, 0.1) is 5.69 Å². The summed E-state index contributed by atoms with van der Waals surface area (Å²) >= 11 is 1.72. The zero-order valence-electron chi connectivity index (χ0n) is 21.5. The van der Waals surface area contributed by atoms with Gasteiger partial charge < -0.3 is 20.6 Å². The number of alkyl halides is 6. The van der Waals surface area contributed by atoms with Crippen molar-refractivity contribution in [3.8, 4) is 0 Å². The summed E-state index contributed by atoms with van der Waals surface area (Å²) in [7, 11) is 0. The van der Waals surface area contributed by atoms with Gasteiger partial charge in [0, 0.05) is 55.6 Å². The first-order chi connectivity index (χ1) is 19.2. The lowest BCUT2D eigenvalue weighted by molar-refractivity contribution is -0.376. The van der Waals surface area contributed by atoms with Crippen LogP contribution in [0, 0.1) is 5.82 Å². The fourth-order valence-electron chi connectivity index (χ4n) is 4.63. The fourth-order valence-corrected chi connectivity index (χ4v) is 5.78. The highest BCUT2D eigenvalue weighted by Gasteiger charge is 2.71. The molecule has 41 heavy (non-hydrogen) atoms. The van der Waals surface area contributed by atoms with E-state index in [0.717, 1.165) is 36.1 Å². The van der Waals surface area contributed by atoms with Crippen LogP contribution in [0.25, 0.3) is 0 Å². The highest BCUT2D eigenvalue weighted by Crippen LogP contribution is 2.50. The number of urea groups is 1. The minimum atomic E-state index is -5.96. The molecule has 0 spiro atoms. The number of carbonyl (C=O) groups is 2. The number of nitrogens with zero attached hydrogens (tertiary/aromatic N) is 2. The molecule has 2 heterocycles. The molecule has 15 heteroatoms. The average molecular weight is 609 g/mol. The van der Waals surface area contributed by atoms with Gasteiger partial charge in [0.15, 0.2) is 0 Å². The molecule has 2 aliphatic rings. The number of rotatable bonds is 6. The van der Waals surface area contributed by atoms with Gasteiger partial charge in [-0.25, -0.2) is 9.18 Å². The molecule has 1 atom stereocenters. The first-order valence-electron chi connectivity index (χ1n) is 12.6. The second-order valence-corrected chi connectivity index (χ2v) is 11.0. The molecule has 4 rings (SSSR count). The quantitative estimate of drug-likeness (QED) is 0.414. The summed E-state index contributed by atoms with van der Waals surface area (Å²) in [4.78, 5) is 28.4. The number of piperazine rings is 1. The van der Waals surface area contributed by atoms with Gasteiger partial charge in [0.25, 0.3) is 11.5 Å². The van der Waals surface area contributed by atoms with Gasteiger partial charge in [-0.15, -0.1) is 0 Å². The summed E-state index contributed by atoms with van der Waals surface area (Å²) in [5, 5.41) is 14.7. The molecule has 0 bridgehead atoms. The van der Waals surface area contributed by atoms with Crippen molar-refractivity contribution in [3.63, 3.8) is 0 Å². The normalized spacial score (nSPS) is 18.8. The summed E-state index contributed by atoms with van der Waals surface area (Å²) in [6.45, 7) is 1.40. The van der Waals surface area contributed by atoms with E-state index in [-0.39, 0.29) is 36.9 Å². The van der Waals surface area contributed by atoms with Crippen LogP contribution in [-0.4, -0.2) is 82.9 Å². The zero-order chi connectivity index (χ0) is 30.0. The van der Waals surface area contributed by atoms with Crippen molar-refractivity contribution < 1.29 is 45.4 Å². The van der Waals surface area contributed by atoms with Crippen LogP contribution in [0.5, 0.6) is 0 Å². The third kappa shape index (κ3) is 6.89. The molecule has 2 fully saturated rings. The summed E-state index contributed by atoms with van der Waals surface area (Å²) in [6, 6.07) is 6.61. The van der Waals surface area contributed by atoms with Crippen molar-refractivity contribution in [1.82, 2.24) is 15.1 Å². The summed E-state index contributed by atoms with van der Waals surface area (Å²) in [6.07, 6.45) is -11.1. The highest BCUT2D eigenvalue weighted by atomic mass is 32.2. The molecular weight excluding hydrogens is 581 g/mol. The molecule has 2 aromatic carbocycles. The van der Waals surface area contributed by atoms with Gasteiger partial charge in [0.2, 0.25) is 0 Å². The standard InChI is InChI=1S/C26H27F7N4O3S/c27-20-13-17(3-6-21(20)35-23(39)34-19-7-12-41-15-19)22(38)37-10-8-36(9-11-37)14-16-1-4-18(5-2-16)24(40,25(28,29)30)26(31,32)33/h1-6,13,19,40H,7-12,14-15H2,(H2,34,35,39). The van der Waals surface area contributed by atoms with Crippen LogP contribution in [-0.2, 0) is 12.1 Å². The molecule has 0 aromatic heterocycles. The SMILES string of the molecule is O=C(Nc1ccc(C(=O)N2CCN(Cc3ccc(C(O)(C(F)(F)F)C(F)(F)F)cc3)CC2)cc1F)NC1CCSC1. The Hall–Kier alpha value is -3.04. The number of hydrogen-bond donors (Lipinski definition) is 3. The van der Waals surface area contributed by atoms with Crippen molar-refractivity contribution in [3.05, 3.63) is 65.0 Å². The van der Waals surface area contributed by atoms with E-state index in [1.165, 1.54) is 17.0 Å². The summed E-state index contributed by atoms with van der Waals surface area (Å²) in [5.41, 5.74) is -5.88. The Morgan fingerprint density at radius 1 is 0.951 bits per heavy atom. The number of thioether (sulfide) groups is 1. The van der Waals surface area contributed by atoms with Gasteiger partial charge in [-0.3, -0.25) is 9.69 Å². The number of aliphatic hydroxyl groups is 1. The van der Waals surface area contributed by atoms with Crippen molar-refractivity contribution in [2.24, 2.45) is 0 Å². The predicted molar refractivity (Wildman–Crippen MR) is 138 cm³/mol. The fraction of sp³-hybridized carbons (Fsp3) is 0.462. The van der Waals surface area contributed by atoms with E-state index < -0.39 is 41.3 Å². The van der Waals surface area contributed by atoms with E-state index >= 15 is 0 Å². The van der Waals surface area contributed by atoms with Gasteiger partial charge in [-0.1, -0.05) is 24.3 Å². The number of amides is 3. The number of halogens is 7. The maximum Gasteiger partial charge on any atom is 0.430 e. The van der Waals surface area contributed by atoms with Crippen molar-refractivity contribution >= 4 is 29.4 Å². The van der Waals surface area contributed by atoms with Gasteiger partial charge >= 0.3 is 18.4 Å². The second kappa shape index (κ2) is 12.1. The van der Waals surface area contributed by atoms with E-state index in [9.17, 15) is 45.4 Å². The first kappa shape index (κ1) is 30.9. The molecular formula is C26H27F7N4O3S. The Balaban J connectivity index is 1.31. The first-order valence-corrected chi connectivity index (χ1v) is 13.8. The maximum atomic E-state index is 14.6. The monoisotopic (exact) mass is 608 g/mol. The molecule has 2 aliphatic heterocycles. The molecule has 3 N–H and O–H groups in total. The lowest BCUT2D eigenvalue weighted by Crippen LogP contribution is -2.53. The smallest absolute Gasteiger partial charge is 0.369 e. The van der Waals surface area contributed by atoms with Gasteiger partial charge in [0.1, 0.15) is 5.82 Å². The van der Waals surface area contributed by atoms with Crippen LogP contribution in [0.1, 0.15) is 27.9 Å². The Morgan fingerprint density at radius 3 is 2.12 bits per heavy atom. The largest absolute Gasteiger partial charge is 0.430 e. The summed E-state index contributed by atoms with van der Waals surface area (Å²) < 4.78 is 93.2. The van der Waals surface area contributed by atoms with E-state index in [4.69, 9.17) is 0 Å². The Labute approximate surface area is 235 Å². The van der Waals surface area contributed by atoms with Crippen LogP contribution in [0.15, 0.2) is 42.5 Å². The van der Waals surface area contributed by atoms with Crippen LogP contribution in [0.2, 0.25) is 0 Å². The summed E-state index contributed by atoms with van der Waals surface area (Å²) in [5.74, 6) is 0.540. The molecule has 2 saturated heterocycles. The van der Waals surface area contributed by atoms with Gasteiger partial charge in [-0.2, -0.15) is 38.1 Å². The zero-order valence-corrected chi connectivity index (χ0v) is 22.3. The van der Waals surface area contributed by atoms with E-state index in [2.05, 4.69) is 10.6 Å². The van der Waals surface area contributed by atoms with E-state index in [1.54, 1.807) is 11.8 Å². The Morgan fingerprint density at radius 2 is 1.59 bits per heavy atom. The van der Waals surface area contributed by atoms with Crippen LogP contribution in [0.3, 0.4) is 0 Å². The van der Waals surface area contributed by atoms with Crippen LogP contribution in [0.4, 0.5) is 41.2 Å². The van der Waals surface area contributed by atoms with Crippen LogP contribution < -0.4 is 10.6 Å². The molecule has 0 aliphatic carbocycles. The number of benzene rings is 2. The minimum absolute atomic E-state index is 0.0192. The second-order valence-electron chi connectivity index (χ2n) is 9.82. The van der Waals surface area contributed by atoms with Crippen LogP contribution >= 0.6 is 11.8 Å². The number of hydrogen-bond acceptors (Lipinski definition) is 5. The van der Waals surface area contributed by atoms with E-state index in [1.807, 2.05) is 4.90 Å². The molecule has 7 nitrogen and oxygen atoms in total. The molecule has 224 valence electrons. The van der Waals surface area contributed by atoms with Crippen molar-refractivity contribution in [2.75, 3.05) is 43.0 Å². The topological polar surface area (TPSA) is 84.9 Å². The maximum absolute atomic E-state index is 14.6. The predicted octanol–water partition coefficient (Wildman–Crippen LogP) is 4.72. The van der Waals surface area contributed by atoms with Crippen molar-refractivity contribution in [1.29, 1.82) is 0 Å². The minimum Gasteiger partial charge on any atom is -0.369 e. The lowest BCUT2D eigenvalue weighted by Gasteiger charge is -2.35. The van der Waals surface area contributed by atoms with Crippen molar-refractivity contribution in [2.45, 2.75) is 37.0 Å². The molecule has 2 aromatic rings. The number of carbonyl (C=O) groups excluding carboxylic acids is 2. The Bertz CT molecular complexity index is 1230. The molecule has 0 radical (unpaired) electrons. The van der Waals surface area contributed by atoms with E-state index in [0.29, 0.717) is 30.8 Å². The Kier molecular flexibility index (Phi) is 9.09. The molecule has 3 amide bonds. The molecule has 1 unspecified atom stereocenters. The third-order valence-electron chi connectivity index (χ3n) is 6.99. The average Bonchev–Trinajstić information content (AvgIpc) is 3.41. The molecule has 0 saturated carbocycles.